The first kappa shape index (κ1) is 13.5. The average Bonchev–Trinajstić information content (AvgIpc) is 3.23. The number of pyridine rings is 1. The van der Waals surface area contributed by atoms with Crippen molar-refractivity contribution in [1.29, 1.82) is 0 Å². The minimum Gasteiger partial charge on any atom is -0.459 e. The van der Waals surface area contributed by atoms with Crippen molar-refractivity contribution in [3.8, 4) is 0 Å². The first-order valence-corrected chi connectivity index (χ1v) is 7.74. The molecule has 4 heterocycles. The molecule has 0 spiro atoms. The molecule has 0 N–H and O–H groups in total. The molecule has 0 bridgehead atoms. The second-order valence-electron chi connectivity index (χ2n) is 6.22. The van der Waals surface area contributed by atoms with Gasteiger partial charge in [-0.05, 0) is 36.1 Å². The van der Waals surface area contributed by atoms with Gasteiger partial charge in [0, 0.05) is 38.9 Å². The molecule has 22 heavy (non-hydrogen) atoms. The predicted octanol–water partition coefficient (Wildman–Crippen LogP) is 1.88. The molecular weight excluding hydrogens is 278 g/mol. The molecular formula is C17H19N3O2. The summed E-state index contributed by atoms with van der Waals surface area (Å²) in [7, 11) is 0. The van der Waals surface area contributed by atoms with Gasteiger partial charge in [0.05, 0.1) is 12.0 Å². The summed E-state index contributed by atoms with van der Waals surface area (Å²) in [6.45, 7) is 4.66. The number of rotatable bonds is 3. The number of aromatic nitrogens is 1. The van der Waals surface area contributed by atoms with Gasteiger partial charge in [-0.15, -0.1) is 0 Å². The third-order valence-corrected chi connectivity index (χ3v) is 4.69. The Kier molecular flexibility index (Phi) is 3.42. The molecule has 0 aromatic carbocycles. The van der Waals surface area contributed by atoms with Crippen molar-refractivity contribution in [3.05, 3.63) is 54.2 Å². The van der Waals surface area contributed by atoms with Gasteiger partial charge in [0.15, 0.2) is 5.76 Å². The van der Waals surface area contributed by atoms with E-state index in [1.54, 1.807) is 18.4 Å². The third kappa shape index (κ3) is 2.52. The normalized spacial score (nSPS) is 24.6. The summed E-state index contributed by atoms with van der Waals surface area (Å²) >= 11 is 0. The molecule has 114 valence electrons. The maximum absolute atomic E-state index is 12.3. The maximum atomic E-state index is 12.3. The number of carbonyl (C=O) groups is 1. The zero-order valence-corrected chi connectivity index (χ0v) is 12.4. The SMILES string of the molecule is O=C(c1ccco1)N1CC2CN(Cc3ccccn3)CC2C1. The Morgan fingerprint density at radius 3 is 2.59 bits per heavy atom. The second-order valence-corrected chi connectivity index (χ2v) is 6.22. The number of amides is 1. The zero-order chi connectivity index (χ0) is 14.9. The fourth-order valence-electron chi connectivity index (χ4n) is 3.66. The molecule has 2 atom stereocenters. The van der Waals surface area contributed by atoms with E-state index in [1.807, 2.05) is 23.2 Å². The summed E-state index contributed by atoms with van der Waals surface area (Å²) in [5, 5.41) is 0. The van der Waals surface area contributed by atoms with Crippen LogP contribution < -0.4 is 0 Å². The Morgan fingerprint density at radius 1 is 1.14 bits per heavy atom. The summed E-state index contributed by atoms with van der Waals surface area (Å²) in [5.41, 5.74) is 1.12. The number of likely N-dealkylation sites (tertiary alicyclic amines) is 2. The highest BCUT2D eigenvalue weighted by molar-refractivity contribution is 5.91. The average molecular weight is 297 g/mol. The lowest BCUT2D eigenvalue weighted by atomic mass is 10.0. The molecule has 5 nitrogen and oxygen atoms in total. The smallest absolute Gasteiger partial charge is 0.289 e. The van der Waals surface area contributed by atoms with E-state index < -0.39 is 0 Å². The standard InChI is InChI=1S/C17H19N3O2/c21-17(16-5-3-7-22-16)20-10-13-8-19(9-14(13)11-20)12-15-4-1-2-6-18-15/h1-7,13-14H,8-12H2. The van der Waals surface area contributed by atoms with Crippen molar-refractivity contribution in [3.63, 3.8) is 0 Å². The molecule has 1 amide bonds. The monoisotopic (exact) mass is 297 g/mol. The molecule has 2 aromatic rings. The summed E-state index contributed by atoms with van der Waals surface area (Å²) in [6, 6.07) is 9.55. The van der Waals surface area contributed by atoms with Crippen LogP contribution in [0.4, 0.5) is 0 Å². The van der Waals surface area contributed by atoms with Crippen LogP contribution in [0.25, 0.3) is 0 Å². The molecule has 2 aliphatic heterocycles. The van der Waals surface area contributed by atoms with E-state index in [9.17, 15) is 4.79 Å². The molecule has 2 fully saturated rings. The van der Waals surface area contributed by atoms with Gasteiger partial charge in [0.25, 0.3) is 5.91 Å². The van der Waals surface area contributed by atoms with E-state index in [0.29, 0.717) is 17.6 Å². The minimum absolute atomic E-state index is 0.0238. The molecule has 0 aliphatic carbocycles. The van der Waals surface area contributed by atoms with E-state index in [1.165, 1.54) is 0 Å². The summed E-state index contributed by atoms with van der Waals surface area (Å²) in [6.07, 6.45) is 3.40. The lowest BCUT2D eigenvalue weighted by Crippen LogP contribution is -2.33. The van der Waals surface area contributed by atoms with Crippen LogP contribution in [0.1, 0.15) is 16.2 Å². The van der Waals surface area contributed by atoms with Gasteiger partial charge in [0.2, 0.25) is 0 Å². The van der Waals surface area contributed by atoms with Crippen molar-refractivity contribution in [2.24, 2.45) is 11.8 Å². The highest BCUT2D eigenvalue weighted by Crippen LogP contribution is 2.32. The van der Waals surface area contributed by atoms with Gasteiger partial charge in [-0.3, -0.25) is 14.7 Å². The maximum Gasteiger partial charge on any atom is 0.289 e. The highest BCUT2D eigenvalue weighted by Gasteiger charge is 2.42. The van der Waals surface area contributed by atoms with Gasteiger partial charge in [0.1, 0.15) is 0 Å². The number of nitrogens with zero attached hydrogens (tertiary/aromatic N) is 3. The van der Waals surface area contributed by atoms with Crippen LogP contribution in [0.15, 0.2) is 47.2 Å². The molecule has 2 unspecified atom stereocenters. The Labute approximate surface area is 129 Å². The third-order valence-electron chi connectivity index (χ3n) is 4.69. The summed E-state index contributed by atoms with van der Waals surface area (Å²) in [4.78, 5) is 21.1. The van der Waals surface area contributed by atoms with Crippen LogP contribution in [0, 0.1) is 11.8 Å². The van der Waals surface area contributed by atoms with Gasteiger partial charge < -0.3 is 9.32 Å². The number of hydrogen-bond acceptors (Lipinski definition) is 4. The Balaban J connectivity index is 1.36. The fourth-order valence-corrected chi connectivity index (χ4v) is 3.66. The first-order chi connectivity index (χ1) is 10.8. The number of hydrogen-bond donors (Lipinski definition) is 0. The molecule has 0 saturated carbocycles. The van der Waals surface area contributed by atoms with Crippen molar-refractivity contribution in [2.75, 3.05) is 26.2 Å². The summed E-state index contributed by atoms with van der Waals surface area (Å²) < 4.78 is 5.22. The number of carbonyl (C=O) groups excluding carboxylic acids is 1. The van der Waals surface area contributed by atoms with Crippen molar-refractivity contribution in [2.45, 2.75) is 6.54 Å². The Bertz CT molecular complexity index is 627. The number of fused-ring (bicyclic) bond motifs is 1. The zero-order valence-electron chi connectivity index (χ0n) is 12.4. The second kappa shape index (κ2) is 5.57. The van der Waals surface area contributed by atoms with Crippen molar-refractivity contribution in [1.82, 2.24) is 14.8 Å². The van der Waals surface area contributed by atoms with E-state index in [2.05, 4.69) is 16.0 Å². The molecule has 0 radical (unpaired) electrons. The van der Waals surface area contributed by atoms with Crippen molar-refractivity contribution >= 4 is 5.91 Å². The lowest BCUT2D eigenvalue weighted by molar-refractivity contribution is 0.0741. The molecule has 2 saturated heterocycles. The van der Waals surface area contributed by atoms with Gasteiger partial charge in [-0.2, -0.15) is 0 Å². The van der Waals surface area contributed by atoms with Crippen LogP contribution in [0.5, 0.6) is 0 Å². The fraction of sp³-hybridized carbons (Fsp3) is 0.412. The first-order valence-electron chi connectivity index (χ1n) is 7.74. The Hall–Kier alpha value is -2.14. The minimum atomic E-state index is 0.0238. The topological polar surface area (TPSA) is 49.6 Å². The predicted molar refractivity (Wildman–Crippen MR) is 81.1 cm³/mol. The van der Waals surface area contributed by atoms with Crippen LogP contribution >= 0.6 is 0 Å². The lowest BCUT2D eigenvalue weighted by Gasteiger charge is -2.20. The highest BCUT2D eigenvalue weighted by atomic mass is 16.3. The number of furan rings is 1. The quantitative estimate of drug-likeness (QED) is 0.868. The Morgan fingerprint density at radius 2 is 1.95 bits per heavy atom. The van der Waals surface area contributed by atoms with E-state index in [-0.39, 0.29) is 5.91 Å². The van der Waals surface area contributed by atoms with E-state index in [4.69, 9.17) is 4.42 Å². The molecule has 2 aromatic heterocycles. The largest absolute Gasteiger partial charge is 0.459 e. The van der Waals surface area contributed by atoms with Gasteiger partial charge in [-0.1, -0.05) is 6.07 Å². The van der Waals surface area contributed by atoms with Crippen LogP contribution in [0.2, 0.25) is 0 Å². The van der Waals surface area contributed by atoms with Crippen LogP contribution in [-0.4, -0.2) is 46.9 Å². The summed E-state index contributed by atoms with van der Waals surface area (Å²) in [5.74, 6) is 1.62. The van der Waals surface area contributed by atoms with Crippen molar-refractivity contribution < 1.29 is 9.21 Å². The van der Waals surface area contributed by atoms with Crippen LogP contribution in [0.3, 0.4) is 0 Å². The molecule has 5 heteroatoms. The van der Waals surface area contributed by atoms with E-state index in [0.717, 1.165) is 38.4 Å². The van der Waals surface area contributed by atoms with Crippen LogP contribution in [-0.2, 0) is 6.54 Å². The molecule has 2 aliphatic rings. The van der Waals surface area contributed by atoms with Gasteiger partial charge >= 0.3 is 0 Å². The molecule has 4 rings (SSSR count). The van der Waals surface area contributed by atoms with E-state index >= 15 is 0 Å². The van der Waals surface area contributed by atoms with Gasteiger partial charge in [-0.25, -0.2) is 0 Å².